The van der Waals surface area contributed by atoms with Crippen molar-refractivity contribution in [1.82, 2.24) is 10.6 Å². The summed E-state index contributed by atoms with van der Waals surface area (Å²) >= 11 is 0. The third-order valence-electron chi connectivity index (χ3n) is 5.56. The van der Waals surface area contributed by atoms with Crippen molar-refractivity contribution in [3.8, 4) is 5.75 Å². The van der Waals surface area contributed by atoms with Crippen molar-refractivity contribution in [1.29, 1.82) is 0 Å². The van der Waals surface area contributed by atoms with Gasteiger partial charge in [0.2, 0.25) is 0 Å². The topological polar surface area (TPSA) is 64.1 Å². The Labute approximate surface area is 202 Å². The van der Waals surface area contributed by atoms with Crippen LogP contribution in [0, 0.1) is 17.2 Å². The maximum absolute atomic E-state index is 13.9. The van der Waals surface area contributed by atoms with Crippen molar-refractivity contribution in [2.75, 3.05) is 33.0 Å². The highest BCUT2D eigenvalue weighted by Crippen LogP contribution is 2.34. The van der Waals surface area contributed by atoms with E-state index in [-0.39, 0.29) is 48.1 Å². The highest BCUT2D eigenvalue weighted by Gasteiger charge is 2.35. The summed E-state index contributed by atoms with van der Waals surface area (Å²) in [5.74, 6) is 1.69. The molecule has 2 heterocycles. The zero-order valence-electron chi connectivity index (χ0n) is 19.1. The van der Waals surface area contributed by atoms with Gasteiger partial charge in [-0.05, 0) is 49.3 Å². The molecule has 0 spiro atoms. The molecule has 0 aromatic heterocycles. The van der Waals surface area contributed by atoms with Crippen LogP contribution in [0.3, 0.4) is 0 Å². The van der Waals surface area contributed by atoms with E-state index in [0.717, 1.165) is 55.4 Å². The monoisotopic (exact) mass is 549 g/mol. The van der Waals surface area contributed by atoms with Gasteiger partial charge in [-0.3, -0.25) is 4.99 Å². The molecule has 0 aliphatic carbocycles. The Hall–Kier alpha value is -1.13. The van der Waals surface area contributed by atoms with Gasteiger partial charge in [0.25, 0.3) is 0 Å². The molecule has 0 bridgehead atoms. The number of hydrogen-bond acceptors (Lipinski definition) is 4. The van der Waals surface area contributed by atoms with Crippen LogP contribution in [0.4, 0.5) is 4.39 Å². The van der Waals surface area contributed by atoms with Crippen molar-refractivity contribution in [3.63, 3.8) is 0 Å². The van der Waals surface area contributed by atoms with E-state index in [2.05, 4.69) is 38.3 Å². The second-order valence-electron chi connectivity index (χ2n) is 9.12. The molecule has 8 heteroatoms. The Bertz CT molecular complexity index is 740. The van der Waals surface area contributed by atoms with E-state index in [4.69, 9.17) is 19.2 Å². The number of fused-ring (bicyclic) bond motifs is 1. The maximum atomic E-state index is 13.9. The van der Waals surface area contributed by atoms with Crippen LogP contribution in [0.15, 0.2) is 17.1 Å². The molecular formula is C23H37FIN3O3. The molecule has 1 aromatic carbocycles. The van der Waals surface area contributed by atoms with E-state index in [1.54, 1.807) is 6.07 Å². The van der Waals surface area contributed by atoms with E-state index < -0.39 is 0 Å². The number of rotatable bonds is 6. The average molecular weight is 549 g/mol. The summed E-state index contributed by atoms with van der Waals surface area (Å²) in [4.78, 5) is 4.83. The Morgan fingerprint density at radius 2 is 2.06 bits per heavy atom. The summed E-state index contributed by atoms with van der Waals surface area (Å²) < 4.78 is 30.9. The summed E-state index contributed by atoms with van der Waals surface area (Å²) in [6.45, 7) is 12.3. The van der Waals surface area contributed by atoms with Gasteiger partial charge in [0.15, 0.2) is 12.8 Å². The fourth-order valence-corrected chi connectivity index (χ4v) is 4.30. The SMILES string of the molecule is CCNC(=NCC1CCCOC1C(C)(C)C)NCCc1cc(F)cc2c1OCOC2.I. The Morgan fingerprint density at radius 3 is 2.81 bits per heavy atom. The Kier molecular flexibility index (Phi) is 10.3. The molecule has 2 aliphatic heterocycles. The molecule has 6 nitrogen and oxygen atoms in total. The summed E-state index contributed by atoms with van der Waals surface area (Å²) in [5.41, 5.74) is 1.72. The van der Waals surface area contributed by atoms with Crippen LogP contribution < -0.4 is 15.4 Å². The minimum absolute atomic E-state index is 0. The fraction of sp³-hybridized carbons (Fsp3) is 0.696. The molecule has 2 atom stereocenters. The molecule has 1 aromatic rings. The molecule has 176 valence electrons. The lowest BCUT2D eigenvalue weighted by molar-refractivity contribution is -0.0823. The third kappa shape index (κ3) is 7.46. The van der Waals surface area contributed by atoms with Crippen LogP contribution in [0.2, 0.25) is 0 Å². The standard InChI is InChI=1S/C23H36FN3O3.HI/c1-5-25-22(27-13-17-7-6-10-29-21(17)23(2,3)4)26-9-8-16-11-19(24)12-18-14-28-15-30-20(16)18;/h11-12,17,21H,5-10,13-15H2,1-4H3,(H2,25,26,27);1H. The molecule has 0 radical (unpaired) electrons. The number of benzene rings is 1. The smallest absolute Gasteiger partial charge is 0.191 e. The van der Waals surface area contributed by atoms with E-state index >= 15 is 0 Å². The van der Waals surface area contributed by atoms with E-state index in [0.29, 0.717) is 25.5 Å². The van der Waals surface area contributed by atoms with Gasteiger partial charge in [0.05, 0.1) is 12.7 Å². The van der Waals surface area contributed by atoms with Gasteiger partial charge in [-0.2, -0.15) is 0 Å². The molecule has 0 amide bonds. The fourth-order valence-electron chi connectivity index (χ4n) is 4.30. The van der Waals surface area contributed by atoms with Crippen LogP contribution in [-0.2, 0) is 22.5 Å². The largest absolute Gasteiger partial charge is 0.467 e. The Balaban J connectivity index is 0.00000341. The summed E-state index contributed by atoms with van der Waals surface area (Å²) in [6, 6.07) is 3.03. The number of hydrogen-bond donors (Lipinski definition) is 2. The van der Waals surface area contributed by atoms with Gasteiger partial charge in [-0.15, -0.1) is 24.0 Å². The van der Waals surface area contributed by atoms with Gasteiger partial charge >= 0.3 is 0 Å². The van der Waals surface area contributed by atoms with E-state index in [1.807, 2.05) is 0 Å². The molecule has 0 saturated carbocycles. The first-order valence-corrected chi connectivity index (χ1v) is 11.0. The predicted octanol–water partition coefficient (Wildman–Crippen LogP) is 4.25. The van der Waals surface area contributed by atoms with Crippen molar-refractivity contribution >= 4 is 29.9 Å². The highest BCUT2D eigenvalue weighted by atomic mass is 127. The first-order valence-electron chi connectivity index (χ1n) is 11.0. The van der Waals surface area contributed by atoms with Crippen molar-refractivity contribution in [2.24, 2.45) is 16.3 Å². The molecule has 2 aliphatic rings. The molecule has 31 heavy (non-hydrogen) atoms. The number of ether oxygens (including phenoxy) is 3. The lowest BCUT2D eigenvalue weighted by Gasteiger charge is -2.39. The van der Waals surface area contributed by atoms with Gasteiger partial charge in [0.1, 0.15) is 11.6 Å². The number of guanidine groups is 1. The van der Waals surface area contributed by atoms with Crippen molar-refractivity contribution in [3.05, 3.63) is 29.1 Å². The van der Waals surface area contributed by atoms with Crippen LogP contribution in [0.25, 0.3) is 0 Å². The van der Waals surface area contributed by atoms with E-state index in [1.165, 1.54) is 6.07 Å². The minimum atomic E-state index is -0.260. The van der Waals surface area contributed by atoms with Gasteiger partial charge in [0, 0.05) is 37.7 Å². The number of nitrogens with one attached hydrogen (secondary N) is 2. The normalized spacial score (nSPS) is 21.5. The lowest BCUT2D eigenvalue weighted by Crippen LogP contribution is -2.43. The van der Waals surface area contributed by atoms with Crippen molar-refractivity contribution in [2.45, 2.75) is 59.7 Å². The van der Waals surface area contributed by atoms with Crippen LogP contribution in [-0.4, -0.2) is 45.1 Å². The number of aliphatic imine (C=N–C) groups is 1. The first kappa shape index (κ1) is 26.1. The molecule has 2 unspecified atom stereocenters. The van der Waals surface area contributed by atoms with Crippen LogP contribution >= 0.6 is 24.0 Å². The Morgan fingerprint density at radius 1 is 1.26 bits per heavy atom. The van der Waals surface area contributed by atoms with Gasteiger partial charge in [-0.1, -0.05) is 20.8 Å². The maximum Gasteiger partial charge on any atom is 0.191 e. The van der Waals surface area contributed by atoms with Gasteiger partial charge in [-0.25, -0.2) is 4.39 Å². The average Bonchev–Trinajstić information content (AvgIpc) is 2.71. The van der Waals surface area contributed by atoms with Crippen LogP contribution in [0.1, 0.15) is 51.7 Å². The second-order valence-corrected chi connectivity index (χ2v) is 9.12. The molecule has 1 saturated heterocycles. The van der Waals surface area contributed by atoms with Gasteiger partial charge < -0.3 is 24.8 Å². The molecule has 1 fully saturated rings. The summed E-state index contributed by atoms with van der Waals surface area (Å²) in [6.07, 6.45) is 3.09. The van der Waals surface area contributed by atoms with E-state index in [9.17, 15) is 4.39 Å². The predicted molar refractivity (Wildman–Crippen MR) is 132 cm³/mol. The molecular weight excluding hydrogens is 512 g/mol. The summed E-state index contributed by atoms with van der Waals surface area (Å²) in [5, 5.41) is 6.69. The minimum Gasteiger partial charge on any atom is -0.467 e. The van der Waals surface area contributed by atoms with Crippen molar-refractivity contribution < 1.29 is 18.6 Å². The second kappa shape index (κ2) is 12.2. The molecule has 3 rings (SSSR count). The third-order valence-corrected chi connectivity index (χ3v) is 5.56. The molecule has 2 N–H and O–H groups in total. The highest BCUT2D eigenvalue weighted by molar-refractivity contribution is 14.0. The zero-order chi connectivity index (χ0) is 21.6. The van der Waals surface area contributed by atoms with Crippen LogP contribution in [0.5, 0.6) is 5.75 Å². The zero-order valence-corrected chi connectivity index (χ0v) is 21.5. The number of halogens is 2. The quantitative estimate of drug-likeness (QED) is 0.316. The number of nitrogens with zero attached hydrogens (tertiary/aromatic N) is 1. The summed E-state index contributed by atoms with van der Waals surface area (Å²) in [7, 11) is 0. The first-order chi connectivity index (χ1) is 14.4. The lowest BCUT2D eigenvalue weighted by atomic mass is 9.78.